The number of nitrogens with two attached hydrogens (primary N) is 1. The van der Waals surface area contributed by atoms with E-state index in [-0.39, 0.29) is 43.8 Å². The monoisotopic (exact) mass is 1040 g/mol. The van der Waals surface area contributed by atoms with Crippen molar-refractivity contribution in [3.05, 3.63) is 65.7 Å². The Hall–Kier alpha value is -7.63. The number of carbonyl (C=O) groups excluding carboxylic acids is 8. The number of hydrogen-bond donors (Lipinski definition) is 13. The van der Waals surface area contributed by atoms with Gasteiger partial charge in [-0.15, -0.1) is 0 Å². The van der Waals surface area contributed by atoms with Crippen LogP contribution in [0.1, 0.15) is 98.6 Å². The number of phenols is 1. The van der Waals surface area contributed by atoms with Crippen LogP contribution in [0.5, 0.6) is 5.75 Å². The molecule has 0 fully saturated rings. The fourth-order valence-electron chi connectivity index (χ4n) is 7.25. The van der Waals surface area contributed by atoms with Crippen LogP contribution >= 0.6 is 0 Å². The topological polar surface area (TPSA) is 391 Å². The number of aromatic hydroxyl groups is 1. The summed E-state index contributed by atoms with van der Waals surface area (Å²) >= 11 is 0. The predicted octanol–water partition coefficient (Wildman–Crippen LogP) is -0.405. The van der Waals surface area contributed by atoms with Crippen LogP contribution in [0.4, 0.5) is 0 Å². The van der Waals surface area contributed by atoms with Crippen LogP contribution in [0.15, 0.2) is 54.6 Å². The first-order valence-corrected chi connectivity index (χ1v) is 24.3. The SMILES string of the molecule is CC[C@H](C)[C@H](NC(=O)[C@@H](N)CCC(=O)O)C(=O)N[C@@H](C)C(=O)N[C@H](C(=O)N[C@@H](C)C(=O)N[C@@H](CC(C)C)C(=O)N[C@@H](Cc1ccccc1)C(=O)N[C@@H](CC(=O)O)C(=O)N[C@@H](Cc1ccc(O)cc1)C(=O)O)C(C)C. The fraction of sp³-hybridized carbons (Fsp3) is 0.540. The predicted molar refractivity (Wildman–Crippen MR) is 267 cm³/mol. The number of carbonyl (C=O) groups is 11. The van der Waals surface area contributed by atoms with E-state index in [4.69, 9.17) is 10.8 Å². The highest BCUT2D eigenvalue weighted by molar-refractivity contribution is 5.98. The highest BCUT2D eigenvalue weighted by Crippen LogP contribution is 2.14. The Morgan fingerprint density at radius 2 is 0.959 bits per heavy atom. The molecule has 10 atom stereocenters. The molecule has 0 aliphatic rings. The van der Waals surface area contributed by atoms with Gasteiger partial charge in [0.2, 0.25) is 47.3 Å². The first-order valence-electron chi connectivity index (χ1n) is 24.3. The average molecular weight is 1040 g/mol. The minimum Gasteiger partial charge on any atom is -0.508 e. The van der Waals surface area contributed by atoms with Gasteiger partial charge in [-0.2, -0.15) is 0 Å². The highest BCUT2D eigenvalue weighted by Gasteiger charge is 2.36. The van der Waals surface area contributed by atoms with E-state index >= 15 is 0 Å². The maximum atomic E-state index is 14.1. The zero-order valence-electron chi connectivity index (χ0n) is 42.9. The second-order valence-electron chi connectivity index (χ2n) is 19.0. The summed E-state index contributed by atoms with van der Waals surface area (Å²) in [5, 5.41) is 58.1. The van der Waals surface area contributed by atoms with Gasteiger partial charge in [-0.25, -0.2) is 4.79 Å². The zero-order chi connectivity index (χ0) is 56.0. The van der Waals surface area contributed by atoms with Crippen molar-refractivity contribution in [2.24, 2.45) is 23.5 Å². The number of carboxylic acids is 3. The molecule has 2 rings (SSSR count). The van der Waals surface area contributed by atoms with Gasteiger partial charge in [0.1, 0.15) is 54.1 Å². The summed E-state index contributed by atoms with van der Waals surface area (Å²) < 4.78 is 0. The van der Waals surface area contributed by atoms with Crippen molar-refractivity contribution in [1.82, 2.24) is 42.5 Å². The van der Waals surface area contributed by atoms with E-state index < -0.39 is 138 Å². The summed E-state index contributed by atoms with van der Waals surface area (Å²) in [7, 11) is 0. The van der Waals surface area contributed by atoms with Crippen molar-refractivity contribution in [2.75, 3.05) is 0 Å². The lowest BCUT2D eigenvalue weighted by molar-refractivity contribution is -0.143. The Labute approximate surface area is 429 Å². The van der Waals surface area contributed by atoms with Crippen LogP contribution in [-0.4, -0.2) is 140 Å². The molecule has 0 unspecified atom stereocenters. The standard InChI is InChI=1S/C50H73N9O15/c1-9-27(6)41(59-44(67)33(51)19-20-38(61)62)49(72)53-29(8)43(66)58-40(26(4)5)48(71)52-28(7)42(65)54-34(21-25(2)3)45(68)55-35(22-30-13-11-10-12-14-30)46(69)56-36(24-39(63)64)47(70)57-37(50(73)74)23-31-15-17-32(60)18-16-31/h10-18,25-29,33-37,40-41,60H,9,19-24,51H2,1-8H3,(H,52,71)(H,53,72)(H,54,65)(H,55,68)(H,56,69)(H,57,70)(H,58,66)(H,59,67)(H,61,62)(H,63,64)(H,73,74)/t27-,28-,29-,33-,34-,35-,36-,37-,40-,41-/m0/s1. The molecule has 0 aliphatic heterocycles. The van der Waals surface area contributed by atoms with Crippen molar-refractivity contribution in [3.63, 3.8) is 0 Å². The quantitative estimate of drug-likeness (QED) is 0.0457. The molecule has 0 spiro atoms. The third kappa shape index (κ3) is 21.6. The maximum absolute atomic E-state index is 14.1. The van der Waals surface area contributed by atoms with Crippen molar-refractivity contribution in [3.8, 4) is 5.75 Å². The van der Waals surface area contributed by atoms with E-state index in [9.17, 15) is 68.1 Å². The Morgan fingerprint density at radius 1 is 0.500 bits per heavy atom. The molecule has 0 bridgehead atoms. The van der Waals surface area contributed by atoms with Crippen LogP contribution in [-0.2, 0) is 65.6 Å². The lowest BCUT2D eigenvalue weighted by Crippen LogP contribution is -2.61. The van der Waals surface area contributed by atoms with Crippen molar-refractivity contribution in [1.29, 1.82) is 0 Å². The van der Waals surface area contributed by atoms with Gasteiger partial charge in [0.05, 0.1) is 12.5 Å². The van der Waals surface area contributed by atoms with Crippen molar-refractivity contribution >= 4 is 65.2 Å². The molecule has 0 aliphatic carbocycles. The van der Waals surface area contributed by atoms with E-state index in [1.807, 2.05) is 0 Å². The zero-order valence-corrected chi connectivity index (χ0v) is 42.9. The van der Waals surface area contributed by atoms with E-state index in [1.165, 1.54) is 38.1 Å². The molecule has 408 valence electrons. The van der Waals surface area contributed by atoms with Crippen molar-refractivity contribution < 1.29 is 73.2 Å². The number of benzene rings is 2. The van der Waals surface area contributed by atoms with Crippen LogP contribution in [0.2, 0.25) is 0 Å². The molecule has 0 radical (unpaired) electrons. The molecule has 8 amide bonds. The molecule has 24 heteroatoms. The molecule has 2 aromatic rings. The third-order valence-corrected chi connectivity index (χ3v) is 11.8. The first-order chi connectivity index (χ1) is 34.6. The summed E-state index contributed by atoms with van der Waals surface area (Å²) in [5.74, 6) is -12.4. The molecule has 0 heterocycles. The molecular weight excluding hydrogens is 967 g/mol. The summed E-state index contributed by atoms with van der Waals surface area (Å²) in [4.78, 5) is 144. The number of carboxylic acid groups (broad SMARTS) is 3. The molecule has 0 saturated heterocycles. The molecular formula is C50H73N9O15. The van der Waals surface area contributed by atoms with Gasteiger partial charge in [0.25, 0.3) is 0 Å². The van der Waals surface area contributed by atoms with Crippen LogP contribution in [0.3, 0.4) is 0 Å². The second-order valence-corrected chi connectivity index (χ2v) is 19.0. The number of amides is 8. The Morgan fingerprint density at radius 3 is 1.47 bits per heavy atom. The number of aliphatic carboxylic acids is 3. The summed E-state index contributed by atoms with van der Waals surface area (Å²) in [6.07, 6.45) is -1.51. The third-order valence-electron chi connectivity index (χ3n) is 11.8. The van der Waals surface area contributed by atoms with Gasteiger partial charge in [-0.1, -0.05) is 90.4 Å². The van der Waals surface area contributed by atoms with Crippen LogP contribution in [0.25, 0.3) is 0 Å². The molecule has 14 N–H and O–H groups in total. The maximum Gasteiger partial charge on any atom is 0.326 e. The largest absolute Gasteiger partial charge is 0.508 e. The van der Waals surface area contributed by atoms with E-state index in [0.29, 0.717) is 17.5 Å². The lowest BCUT2D eigenvalue weighted by Gasteiger charge is -2.28. The van der Waals surface area contributed by atoms with Crippen molar-refractivity contribution in [2.45, 2.75) is 155 Å². The van der Waals surface area contributed by atoms with E-state index in [2.05, 4.69) is 42.5 Å². The van der Waals surface area contributed by atoms with Crippen LogP contribution < -0.4 is 48.3 Å². The molecule has 2 aromatic carbocycles. The Bertz CT molecular complexity index is 2280. The summed E-state index contributed by atoms with van der Waals surface area (Å²) in [6, 6.07) is 1.46. The number of phenolic OH excluding ortho intramolecular Hbond substituents is 1. The molecule has 74 heavy (non-hydrogen) atoms. The van der Waals surface area contributed by atoms with Gasteiger partial charge in [-0.05, 0) is 67.7 Å². The van der Waals surface area contributed by atoms with Gasteiger partial charge in [0.15, 0.2) is 0 Å². The highest BCUT2D eigenvalue weighted by atomic mass is 16.4. The van der Waals surface area contributed by atoms with E-state index in [1.54, 1.807) is 71.9 Å². The number of nitrogens with one attached hydrogen (secondary N) is 8. The Kier molecular flexibility index (Phi) is 25.7. The normalized spacial score (nSPS) is 15.2. The van der Waals surface area contributed by atoms with Gasteiger partial charge >= 0.3 is 17.9 Å². The average Bonchev–Trinajstić information content (AvgIpc) is 3.32. The fourth-order valence-corrected chi connectivity index (χ4v) is 7.25. The lowest BCUT2D eigenvalue weighted by atomic mass is 9.97. The minimum absolute atomic E-state index is 0.0208. The van der Waals surface area contributed by atoms with Crippen LogP contribution in [0, 0.1) is 17.8 Å². The summed E-state index contributed by atoms with van der Waals surface area (Å²) in [6.45, 7) is 12.9. The van der Waals surface area contributed by atoms with E-state index in [0.717, 1.165) is 0 Å². The van der Waals surface area contributed by atoms with Gasteiger partial charge in [-0.3, -0.25) is 47.9 Å². The first kappa shape index (κ1) is 62.5. The number of rotatable bonds is 31. The van der Waals surface area contributed by atoms with Gasteiger partial charge < -0.3 is 68.7 Å². The minimum atomic E-state index is -1.82. The summed E-state index contributed by atoms with van der Waals surface area (Å²) in [5.41, 5.74) is 6.78. The molecule has 0 aromatic heterocycles. The Balaban J connectivity index is 2.25. The molecule has 24 nitrogen and oxygen atoms in total. The van der Waals surface area contributed by atoms with Gasteiger partial charge in [0, 0.05) is 19.3 Å². The second kappa shape index (κ2) is 30.4. The number of hydrogen-bond acceptors (Lipinski definition) is 13. The molecule has 0 saturated carbocycles. The smallest absolute Gasteiger partial charge is 0.326 e.